The first kappa shape index (κ1) is 7.92. The Kier molecular flexibility index (Phi) is 3.01. The Morgan fingerprint density at radius 2 is 2.21 bits per heavy atom. The van der Waals surface area contributed by atoms with Crippen molar-refractivity contribution in [3.8, 4) is 0 Å². The first-order chi connectivity index (χ1) is 7.43. The van der Waals surface area contributed by atoms with Crippen LogP contribution in [-0.4, -0.2) is 12.0 Å². The Morgan fingerprint density at radius 1 is 1.57 bits per heavy atom. The molecule has 1 unspecified atom stereocenters. The van der Waals surface area contributed by atoms with Crippen LogP contribution in [-0.2, 0) is 4.79 Å². The number of rotatable bonds is 5. The minimum atomic E-state index is -1.48. The third kappa shape index (κ3) is 3.13. The highest BCUT2D eigenvalue weighted by Gasteiger charge is 2.07. The van der Waals surface area contributed by atoms with Crippen molar-refractivity contribution in [2.45, 2.75) is 19.8 Å². The minimum Gasteiger partial charge on any atom is -0.303 e. The molecule has 0 aliphatic heterocycles. The maximum Gasteiger partial charge on any atom is 0.162 e. The molecule has 1 atom stereocenters. The molecule has 0 saturated heterocycles. The highest BCUT2D eigenvalue weighted by atomic mass is 16.1. The van der Waals surface area contributed by atoms with Gasteiger partial charge in [0.25, 0.3) is 0 Å². The molecule has 0 heterocycles. The summed E-state index contributed by atoms with van der Waals surface area (Å²) in [6.07, 6.45) is -0.745. The van der Waals surface area contributed by atoms with E-state index in [1.54, 1.807) is 24.3 Å². The fourth-order valence-electron chi connectivity index (χ4n) is 1.12. The fraction of sp³-hybridized carbons (Fsp3) is 0.333. The third-order valence-corrected chi connectivity index (χ3v) is 2.00. The smallest absolute Gasteiger partial charge is 0.162 e. The molecule has 74 valence electrons. The van der Waals surface area contributed by atoms with Crippen LogP contribution in [0.1, 0.15) is 32.9 Å². The normalized spacial score (nSPS) is 16.4. The van der Waals surface area contributed by atoms with Crippen molar-refractivity contribution in [2.24, 2.45) is 5.89 Å². The number of carbonyl (C=O) groups is 2. The zero-order valence-electron chi connectivity index (χ0n) is 10.1. The van der Waals surface area contributed by atoms with Crippen LogP contribution in [0.4, 0.5) is 0 Å². The lowest BCUT2D eigenvalue weighted by atomic mass is 10.0. The number of aldehydes is 1. The van der Waals surface area contributed by atoms with E-state index in [4.69, 9.17) is 2.74 Å². The monoisotopic (exact) mass is 192 g/mol. The van der Waals surface area contributed by atoms with Crippen LogP contribution in [0, 0.1) is 5.89 Å². The van der Waals surface area contributed by atoms with Crippen molar-refractivity contribution in [1.82, 2.24) is 0 Å². The predicted octanol–water partition coefficient (Wildman–Crippen LogP) is 2.48. The van der Waals surface area contributed by atoms with E-state index in [1.807, 2.05) is 6.07 Å². The van der Waals surface area contributed by atoms with Gasteiger partial charge in [0.05, 0.1) is 0 Å². The Hall–Kier alpha value is -1.44. The number of benzene rings is 1. The predicted molar refractivity (Wildman–Crippen MR) is 55.2 cm³/mol. The van der Waals surface area contributed by atoms with Crippen molar-refractivity contribution in [3.63, 3.8) is 0 Å². The zero-order valence-corrected chi connectivity index (χ0v) is 8.12. The van der Waals surface area contributed by atoms with E-state index in [0.29, 0.717) is 5.56 Å². The number of hydrogen-bond donors (Lipinski definition) is 0. The van der Waals surface area contributed by atoms with Crippen LogP contribution in [0.5, 0.6) is 0 Å². The molecule has 2 nitrogen and oxygen atoms in total. The lowest BCUT2D eigenvalue weighted by Gasteiger charge is -2.02. The fourth-order valence-corrected chi connectivity index (χ4v) is 1.12. The molecule has 14 heavy (non-hydrogen) atoms. The van der Waals surface area contributed by atoms with Crippen LogP contribution in [0.15, 0.2) is 30.3 Å². The second-order valence-corrected chi connectivity index (χ2v) is 3.17. The molecule has 0 fully saturated rings. The highest BCUT2D eigenvalue weighted by molar-refractivity contribution is 5.96. The summed E-state index contributed by atoms with van der Waals surface area (Å²) in [5.41, 5.74) is 0.579. The average molecular weight is 192 g/mol. The van der Waals surface area contributed by atoms with Gasteiger partial charge in [0.2, 0.25) is 0 Å². The molecule has 1 aromatic carbocycles. The van der Waals surface area contributed by atoms with Gasteiger partial charge in [-0.05, 0) is 6.42 Å². The highest BCUT2D eigenvalue weighted by Crippen LogP contribution is 2.08. The molecule has 0 radical (unpaired) electrons. The summed E-state index contributed by atoms with van der Waals surface area (Å²) in [4.78, 5) is 22.4. The maximum atomic E-state index is 11.7. The second-order valence-electron chi connectivity index (χ2n) is 3.17. The number of carbonyl (C=O) groups excluding carboxylic acids is 2. The Bertz CT molecular complexity index is 385. The van der Waals surface area contributed by atoms with E-state index < -0.39 is 12.2 Å². The van der Waals surface area contributed by atoms with Crippen LogP contribution in [0.2, 0.25) is 0 Å². The van der Waals surface area contributed by atoms with Gasteiger partial charge in [0.1, 0.15) is 7.63 Å². The molecular formula is C12H14O2. The maximum absolute atomic E-state index is 11.7. The van der Waals surface area contributed by atoms with Gasteiger partial charge in [-0.25, -0.2) is 0 Å². The number of Topliss-reactive ketones (excluding diaryl/α,β-unsaturated/α-hetero) is 1. The van der Waals surface area contributed by atoms with Crippen molar-refractivity contribution in [3.05, 3.63) is 35.9 Å². The quantitative estimate of drug-likeness (QED) is 0.530. The van der Waals surface area contributed by atoms with Crippen molar-refractivity contribution in [2.75, 3.05) is 0 Å². The Labute approximate surface area is 86.8 Å². The summed E-state index contributed by atoms with van der Waals surface area (Å²) in [5, 5.41) is 0. The van der Waals surface area contributed by atoms with Crippen molar-refractivity contribution < 1.29 is 12.3 Å². The van der Waals surface area contributed by atoms with Crippen molar-refractivity contribution >= 4 is 12.0 Å². The van der Waals surface area contributed by atoms with Gasteiger partial charge in [-0.1, -0.05) is 37.3 Å². The zero-order chi connectivity index (χ0) is 12.2. The molecule has 1 aromatic rings. The van der Waals surface area contributed by atoms with Gasteiger partial charge in [0, 0.05) is 19.2 Å². The van der Waals surface area contributed by atoms with E-state index in [1.165, 1.54) is 6.92 Å². The molecule has 0 amide bonds. The standard InChI is InChI=1S/C12H14O2/c1-10(9-13)7-8-12(14)11-5-3-2-4-6-11/h2-6,9-10H,7-8H2,1H3/i9D,10D. The van der Waals surface area contributed by atoms with Crippen LogP contribution in [0.25, 0.3) is 0 Å². The third-order valence-electron chi connectivity index (χ3n) is 2.00. The van der Waals surface area contributed by atoms with Gasteiger partial charge in [-0.3, -0.25) is 4.79 Å². The first-order valence-electron chi connectivity index (χ1n) is 5.53. The van der Waals surface area contributed by atoms with E-state index in [-0.39, 0.29) is 18.6 Å². The van der Waals surface area contributed by atoms with Gasteiger partial charge in [0.15, 0.2) is 5.78 Å². The lowest BCUT2D eigenvalue weighted by molar-refractivity contribution is -0.110. The summed E-state index contributed by atoms with van der Waals surface area (Å²) in [6.45, 7) is 1.36. The molecule has 0 spiro atoms. The number of ketones is 1. The second kappa shape index (κ2) is 5.32. The largest absolute Gasteiger partial charge is 0.303 e. The topological polar surface area (TPSA) is 34.1 Å². The molecule has 0 aromatic heterocycles. The van der Waals surface area contributed by atoms with Crippen LogP contribution >= 0.6 is 0 Å². The summed E-state index contributed by atoms with van der Waals surface area (Å²) in [6, 6.07) is 8.75. The first-order valence-corrected chi connectivity index (χ1v) is 4.53. The lowest BCUT2D eigenvalue weighted by Crippen LogP contribution is -2.03. The Balaban J connectivity index is 2.58. The van der Waals surface area contributed by atoms with Crippen molar-refractivity contribution in [1.29, 1.82) is 0 Å². The molecule has 0 saturated carbocycles. The average Bonchev–Trinajstić information content (AvgIpc) is 2.27. The van der Waals surface area contributed by atoms with Crippen LogP contribution in [0.3, 0.4) is 0 Å². The van der Waals surface area contributed by atoms with Crippen LogP contribution < -0.4 is 0 Å². The molecular weight excluding hydrogens is 176 g/mol. The van der Waals surface area contributed by atoms with E-state index in [9.17, 15) is 9.59 Å². The molecule has 2 heteroatoms. The summed E-state index contributed by atoms with van der Waals surface area (Å²) in [5.74, 6) is -1.58. The van der Waals surface area contributed by atoms with E-state index >= 15 is 0 Å². The summed E-state index contributed by atoms with van der Waals surface area (Å²) >= 11 is 0. The molecule has 0 bridgehead atoms. The Morgan fingerprint density at radius 3 is 2.79 bits per heavy atom. The minimum absolute atomic E-state index is 0.0864. The summed E-state index contributed by atoms with van der Waals surface area (Å²) in [7, 11) is 0. The van der Waals surface area contributed by atoms with Gasteiger partial charge in [-0.2, -0.15) is 0 Å². The van der Waals surface area contributed by atoms with Gasteiger partial charge < -0.3 is 4.79 Å². The van der Waals surface area contributed by atoms with Gasteiger partial charge in [-0.15, -0.1) is 0 Å². The van der Waals surface area contributed by atoms with Gasteiger partial charge >= 0.3 is 0 Å². The van der Waals surface area contributed by atoms with E-state index in [2.05, 4.69) is 0 Å². The SMILES string of the molecule is [2H]C(=O)C([2H])(C)CCC(=O)c1ccccc1. The molecule has 0 N–H and O–H groups in total. The number of hydrogen-bond acceptors (Lipinski definition) is 2. The molecule has 0 aliphatic carbocycles. The molecule has 1 rings (SSSR count). The molecule has 0 aliphatic rings. The summed E-state index contributed by atoms with van der Waals surface area (Å²) < 4.78 is 14.4. The van der Waals surface area contributed by atoms with E-state index in [0.717, 1.165) is 0 Å².